The van der Waals surface area contributed by atoms with Gasteiger partial charge in [-0.3, -0.25) is 24.0 Å². The van der Waals surface area contributed by atoms with E-state index in [9.17, 15) is 24.0 Å². The van der Waals surface area contributed by atoms with E-state index in [1.807, 2.05) is 50.2 Å². The molecule has 3 aromatic rings. The van der Waals surface area contributed by atoms with E-state index in [-0.39, 0.29) is 24.2 Å². The Hall–Kier alpha value is -5.13. The molecule has 248 valence electrons. The van der Waals surface area contributed by atoms with Gasteiger partial charge in [0.15, 0.2) is 5.76 Å². The summed E-state index contributed by atoms with van der Waals surface area (Å²) in [6, 6.07) is 18.1. The summed E-state index contributed by atoms with van der Waals surface area (Å²) >= 11 is 0. The monoisotopic (exact) mass is 643 g/mol. The van der Waals surface area contributed by atoms with Gasteiger partial charge >= 0.3 is 0 Å². The second-order valence-corrected chi connectivity index (χ2v) is 12.3. The topological polar surface area (TPSA) is 150 Å². The number of carbonyl (C=O) groups excluding carboxylic acids is 5. The van der Waals surface area contributed by atoms with Crippen LogP contribution in [-0.2, 0) is 25.6 Å². The largest absolute Gasteiger partial charge is 0.426 e. The molecule has 12 nitrogen and oxygen atoms in total. The van der Waals surface area contributed by atoms with Gasteiger partial charge in [0.05, 0.1) is 6.04 Å². The van der Waals surface area contributed by atoms with E-state index in [1.54, 1.807) is 31.2 Å². The van der Waals surface area contributed by atoms with Crippen molar-refractivity contribution in [3.8, 4) is 11.7 Å². The second-order valence-electron chi connectivity index (χ2n) is 12.3. The third kappa shape index (κ3) is 8.37. The molecule has 47 heavy (non-hydrogen) atoms. The van der Waals surface area contributed by atoms with Crippen molar-refractivity contribution in [2.24, 2.45) is 5.92 Å². The summed E-state index contributed by atoms with van der Waals surface area (Å²) in [5.41, 5.74) is 0.898. The highest BCUT2D eigenvalue weighted by molar-refractivity contribution is 5.97. The number of benzene rings is 2. The van der Waals surface area contributed by atoms with Crippen LogP contribution in [0.5, 0.6) is 11.7 Å². The van der Waals surface area contributed by atoms with Crippen LogP contribution < -0.4 is 20.7 Å². The smallest absolute Gasteiger partial charge is 0.290 e. The van der Waals surface area contributed by atoms with Crippen molar-refractivity contribution >= 4 is 29.5 Å². The van der Waals surface area contributed by atoms with Gasteiger partial charge in [0.1, 0.15) is 30.4 Å². The van der Waals surface area contributed by atoms with Gasteiger partial charge in [0.2, 0.25) is 23.6 Å². The highest BCUT2D eigenvalue weighted by atomic mass is 16.6. The number of furan rings is 1. The fraction of sp³-hybridized carbons (Fsp3) is 0.400. The van der Waals surface area contributed by atoms with Gasteiger partial charge in [-0.25, -0.2) is 0 Å². The van der Waals surface area contributed by atoms with Gasteiger partial charge in [-0.1, -0.05) is 62.4 Å². The number of hydrogen-bond acceptors (Lipinski definition) is 7. The normalized spacial score (nSPS) is 22.9. The Morgan fingerprint density at radius 2 is 1.62 bits per heavy atom. The number of nitrogens with zero attached hydrogens (tertiary/aromatic N) is 2. The first-order valence-corrected chi connectivity index (χ1v) is 16.0. The average Bonchev–Trinajstić information content (AvgIpc) is 3.73. The van der Waals surface area contributed by atoms with Crippen LogP contribution in [0.15, 0.2) is 77.2 Å². The predicted molar refractivity (Wildman–Crippen MR) is 172 cm³/mol. The lowest BCUT2D eigenvalue weighted by molar-refractivity contribution is -0.142. The summed E-state index contributed by atoms with van der Waals surface area (Å²) in [6.45, 7) is 5.08. The molecule has 3 heterocycles. The van der Waals surface area contributed by atoms with Crippen LogP contribution in [0.3, 0.4) is 0 Å². The molecule has 5 amide bonds. The predicted octanol–water partition coefficient (Wildman–Crippen LogP) is 2.89. The molecular weight excluding hydrogens is 602 g/mol. The molecule has 2 aromatic carbocycles. The Balaban J connectivity index is 1.47. The number of amides is 5. The van der Waals surface area contributed by atoms with Crippen molar-refractivity contribution in [3.63, 3.8) is 0 Å². The minimum absolute atomic E-state index is 0.0669. The first-order chi connectivity index (χ1) is 22.6. The molecule has 0 saturated carbocycles. The third-order valence-corrected chi connectivity index (χ3v) is 8.32. The number of nitrogens with one attached hydrogen (secondary N) is 3. The van der Waals surface area contributed by atoms with E-state index >= 15 is 0 Å². The van der Waals surface area contributed by atoms with Gasteiger partial charge in [0.25, 0.3) is 11.9 Å². The molecule has 0 bridgehead atoms. The number of hydrogen-bond donors (Lipinski definition) is 3. The van der Waals surface area contributed by atoms with Crippen LogP contribution in [-0.4, -0.2) is 83.1 Å². The SMILES string of the molecule is CC(C)[C@@H]1NC(=O)[C@H]2CCCN2C(=O)[C@H](C)NC(=O)CN(C(=O)c2ccc(Oc3ccccc3)o2)C[C@H](Cc2ccccc2)NC1=O. The summed E-state index contributed by atoms with van der Waals surface area (Å²) in [5, 5.41) is 8.62. The standard InChI is InChI=1S/C35H41N5O7/c1-22(2)31-33(43)37-25(19-24-11-6-4-7-12-24)20-39(35(45)28-16-17-30(47-28)46-26-13-8-5-9-14-26)21-29(41)36-23(3)34(44)40-18-10-15-27(40)32(42)38-31/h4-9,11-14,16-17,22-23,25,27,31H,10,15,18-21H2,1-3H3,(H,36,41)(H,37,43)(H,38,42)/t23-,25-,27+,31-/m0/s1. The number of para-hydroxylation sites is 1. The molecule has 4 atom stereocenters. The first-order valence-electron chi connectivity index (χ1n) is 16.0. The molecule has 0 radical (unpaired) electrons. The van der Waals surface area contributed by atoms with E-state index in [0.717, 1.165) is 5.56 Å². The summed E-state index contributed by atoms with van der Waals surface area (Å²) in [5.74, 6) is -2.17. The average molecular weight is 644 g/mol. The summed E-state index contributed by atoms with van der Waals surface area (Å²) in [7, 11) is 0. The molecule has 0 unspecified atom stereocenters. The summed E-state index contributed by atoms with van der Waals surface area (Å²) in [4.78, 5) is 70.8. The molecule has 2 saturated heterocycles. The van der Waals surface area contributed by atoms with Crippen LogP contribution >= 0.6 is 0 Å². The third-order valence-electron chi connectivity index (χ3n) is 8.32. The van der Waals surface area contributed by atoms with Crippen molar-refractivity contribution in [2.75, 3.05) is 19.6 Å². The lowest BCUT2D eigenvalue weighted by Crippen LogP contribution is -2.58. The molecule has 1 aromatic heterocycles. The molecule has 3 N–H and O–H groups in total. The molecule has 0 spiro atoms. The van der Waals surface area contributed by atoms with E-state index in [4.69, 9.17) is 9.15 Å². The molecule has 0 aliphatic carbocycles. The van der Waals surface area contributed by atoms with Crippen LogP contribution in [0.1, 0.15) is 49.7 Å². The highest BCUT2D eigenvalue weighted by Crippen LogP contribution is 2.25. The van der Waals surface area contributed by atoms with Gasteiger partial charge < -0.3 is 34.9 Å². The Labute approximate surface area is 273 Å². The van der Waals surface area contributed by atoms with Crippen LogP contribution in [0.2, 0.25) is 0 Å². The Kier molecular flexibility index (Phi) is 10.6. The lowest BCUT2D eigenvalue weighted by atomic mass is 10.0. The minimum Gasteiger partial charge on any atom is -0.426 e. The zero-order valence-corrected chi connectivity index (χ0v) is 26.8. The first kappa shape index (κ1) is 33.2. The zero-order valence-electron chi connectivity index (χ0n) is 26.8. The van der Waals surface area contributed by atoms with Gasteiger partial charge in [-0.05, 0) is 55.9 Å². The van der Waals surface area contributed by atoms with Crippen molar-refractivity contribution in [1.29, 1.82) is 0 Å². The van der Waals surface area contributed by atoms with E-state index < -0.39 is 60.2 Å². The Morgan fingerprint density at radius 1 is 0.915 bits per heavy atom. The molecule has 2 aliphatic heterocycles. The number of ether oxygens (including phenoxy) is 1. The van der Waals surface area contributed by atoms with Gasteiger partial charge in [0, 0.05) is 19.2 Å². The van der Waals surface area contributed by atoms with E-state index in [2.05, 4.69) is 16.0 Å². The molecule has 2 fully saturated rings. The fourth-order valence-electron chi connectivity index (χ4n) is 5.94. The highest BCUT2D eigenvalue weighted by Gasteiger charge is 2.39. The maximum atomic E-state index is 13.9. The van der Waals surface area contributed by atoms with Crippen LogP contribution in [0.4, 0.5) is 0 Å². The zero-order chi connectivity index (χ0) is 33.5. The van der Waals surface area contributed by atoms with Crippen LogP contribution in [0, 0.1) is 5.92 Å². The molecule has 12 heteroatoms. The molecule has 2 aliphatic rings. The number of carbonyl (C=O) groups is 5. The van der Waals surface area contributed by atoms with Gasteiger partial charge in [-0.2, -0.15) is 0 Å². The van der Waals surface area contributed by atoms with Crippen molar-refractivity contribution in [1.82, 2.24) is 25.8 Å². The Morgan fingerprint density at radius 3 is 2.32 bits per heavy atom. The summed E-state index contributed by atoms with van der Waals surface area (Å²) < 4.78 is 11.5. The van der Waals surface area contributed by atoms with E-state index in [1.165, 1.54) is 21.9 Å². The number of rotatable bonds is 6. The lowest BCUT2D eigenvalue weighted by Gasteiger charge is -2.30. The molecule has 5 rings (SSSR count). The number of fused-ring (bicyclic) bond motifs is 1. The van der Waals surface area contributed by atoms with Crippen LogP contribution in [0.25, 0.3) is 0 Å². The maximum absolute atomic E-state index is 13.9. The van der Waals surface area contributed by atoms with Crippen molar-refractivity contribution < 1.29 is 33.1 Å². The maximum Gasteiger partial charge on any atom is 0.290 e. The fourth-order valence-corrected chi connectivity index (χ4v) is 5.94. The quantitative estimate of drug-likeness (QED) is 0.374. The van der Waals surface area contributed by atoms with Crippen molar-refractivity contribution in [3.05, 3.63) is 84.1 Å². The Bertz CT molecular complexity index is 1580. The van der Waals surface area contributed by atoms with Crippen molar-refractivity contribution in [2.45, 2.75) is 64.2 Å². The van der Waals surface area contributed by atoms with Gasteiger partial charge in [-0.15, -0.1) is 0 Å². The molecular formula is C35H41N5O7. The minimum atomic E-state index is -0.951. The van der Waals surface area contributed by atoms with E-state index in [0.29, 0.717) is 31.6 Å². The second kappa shape index (κ2) is 15.0. The summed E-state index contributed by atoms with van der Waals surface area (Å²) in [6.07, 6.45) is 1.40.